The van der Waals surface area contributed by atoms with Crippen molar-refractivity contribution in [1.82, 2.24) is 0 Å². The fourth-order valence-corrected chi connectivity index (χ4v) is 2.58. The van der Waals surface area contributed by atoms with Gasteiger partial charge in [-0.2, -0.15) is 0 Å². The Hall–Kier alpha value is -2.04. The standard InChI is InChI=1S/C20H20Cl2O4/c1-2-3-4-5-11-25-19(23)14-7-6-8-15(12-14)20(24)26-18-13-16(21)9-10-17(18)22/h6-10,12-13H,2-5,11H2,1H3. The first-order valence-electron chi connectivity index (χ1n) is 8.45. The van der Waals surface area contributed by atoms with E-state index in [0.29, 0.717) is 17.2 Å². The van der Waals surface area contributed by atoms with Crippen LogP contribution >= 0.6 is 23.2 Å². The van der Waals surface area contributed by atoms with E-state index in [-0.39, 0.29) is 16.3 Å². The van der Waals surface area contributed by atoms with Crippen LogP contribution in [-0.2, 0) is 4.74 Å². The molecule has 6 heteroatoms. The molecule has 0 saturated carbocycles. The summed E-state index contributed by atoms with van der Waals surface area (Å²) in [6.45, 7) is 2.48. The van der Waals surface area contributed by atoms with Crippen molar-refractivity contribution in [1.29, 1.82) is 0 Å². The van der Waals surface area contributed by atoms with Crippen LogP contribution < -0.4 is 4.74 Å². The summed E-state index contributed by atoms with van der Waals surface area (Å²) in [6, 6.07) is 10.8. The fraction of sp³-hybridized carbons (Fsp3) is 0.300. The predicted molar refractivity (Wildman–Crippen MR) is 102 cm³/mol. The van der Waals surface area contributed by atoms with Gasteiger partial charge in [0.25, 0.3) is 0 Å². The lowest BCUT2D eigenvalue weighted by molar-refractivity contribution is 0.0498. The summed E-state index contributed by atoms with van der Waals surface area (Å²) < 4.78 is 10.5. The molecule has 2 rings (SSSR count). The Balaban J connectivity index is 2.00. The Bertz CT molecular complexity index is 774. The van der Waals surface area contributed by atoms with Gasteiger partial charge in [-0.15, -0.1) is 0 Å². The third kappa shape index (κ3) is 6.04. The van der Waals surface area contributed by atoms with Gasteiger partial charge in [-0.1, -0.05) is 55.5 Å². The summed E-state index contributed by atoms with van der Waals surface area (Å²) in [5, 5.41) is 0.669. The monoisotopic (exact) mass is 394 g/mol. The molecule has 0 saturated heterocycles. The molecular formula is C20H20Cl2O4. The van der Waals surface area contributed by atoms with Crippen molar-refractivity contribution in [2.75, 3.05) is 6.61 Å². The highest BCUT2D eigenvalue weighted by atomic mass is 35.5. The van der Waals surface area contributed by atoms with Gasteiger partial charge in [0, 0.05) is 11.1 Å². The number of carbonyl (C=O) groups excluding carboxylic acids is 2. The van der Waals surface area contributed by atoms with Crippen molar-refractivity contribution in [2.24, 2.45) is 0 Å². The van der Waals surface area contributed by atoms with Crippen LogP contribution in [0.1, 0.15) is 53.3 Å². The van der Waals surface area contributed by atoms with Crippen LogP contribution in [-0.4, -0.2) is 18.5 Å². The average molecular weight is 395 g/mol. The number of esters is 2. The summed E-state index contributed by atoms with van der Waals surface area (Å²) in [5.74, 6) is -0.934. The van der Waals surface area contributed by atoms with Gasteiger partial charge in [0.1, 0.15) is 0 Å². The number of hydrogen-bond donors (Lipinski definition) is 0. The topological polar surface area (TPSA) is 52.6 Å². The lowest BCUT2D eigenvalue weighted by Crippen LogP contribution is -2.11. The van der Waals surface area contributed by atoms with E-state index < -0.39 is 11.9 Å². The van der Waals surface area contributed by atoms with Crippen LogP contribution in [0.4, 0.5) is 0 Å². The first kappa shape index (κ1) is 20.3. The van der Waals surface area contributed by atoms with Crippen molar-refractivity contribution < 1.29 is 19.1 Å². The van der Waals surface area contributed by atoms with Crippen LogP contribution in [0.15, 0.2) is 42.5 Å². The molecular weight excluding hydrogens is 375 g/mol. The summed E-state index contributed by atoms with van der Waals surface area (Å²) in [4.78, 5) is 24.4. The van der Waals surface area contributed by atoms with E-state index in [0.717, 1.165) is 25.7 Å². The summed E-state index contributed by atoms with van der Waals surface area (Å²) >= 11 is 11.9. The van der Waals surface area contributed by atoms with Crippen LogP contribution in [0.25, 0.3) is 0 Å². The Morgan fingerprint density at radius 2 is 1.65 bits per heavy atom. The predicted octanol–water partition coefficient (Wildman–Crippen LogP) is 5.95. The van der Waals surface area contributed by atoms with Crippen molar-refractivity contribution in [3.8, 4) is 5.75 Å². The smallest absolute Gasteiger partial charge is 0.343 e. The molecule has 0 amide bonds. The molecule has 0 aromatic heterocycles. The maximum Gasteiger partial charge on any atom is 0.343 e. The van der Waals surface area contributed by atoms with Crippen molar-refractivity contribution in [3.05, 3.63) is 63.6 Å². The number of rotatable bonds is 8. The molecule has 0 aliphatic heterocycles. The van der Waals surface area contributed by atoms with Gasteiger partial charge in [-0.05, 0) is 36.8 Å². The number of benzene rings is 2. The number of unbranched alkanes of at least 4 members (excludes halogenated alkanes) is 3. The molecule has 0 bridgehead atoms. The summed E-state index contributed by atoms with van der Waals surface area (Å²) in [6.07, 6.45) is 4.09. The Labute approximate surface area is 163 Å². The molecule has 0 unspecified atom stereocenters. The zero-order chi connectivity index (χ0) is 18.9. The number of halogens is 2. The maximum absolute atomic E-state index is 12.3. The molecule has 2 aromatic rings. The normalized spacial score (nSPS) is 10.4. The van der Waals surface area contributed by atoms with Gasteiger partial charge >= 0.3 is 11.9 Å². The van der Waals surface area contributed by atoms with Gasteiger partial charge in [-0.25, -0.2) is 9.59 Å². The molecule has 26 heavy (non-hydrogen) atoms. The molecule has 2 aromatic carbocycles. The minimum Gasteiger partial charge on any atom is -0.462 e. The third-order valence-corrected chi connectivity index (χ3v) is 4.21. The van der Waals surface area contributed by atoms with E-state index in [2.05, 4.69) is 6.92 Å². The lowest BCUT2D eigenvalue weighted by atomic mass is 10.1. The largest absolute Gasteiger partial charge is 0.462 e. The van der Waals surface area contributed by atoms with E-state index in [1.165, 1.54) is 12.1 Å². The van der Waals surface area contributed by atoms with E-state index in [9.17, 15) is 9.59 Å². The Kier molecular flexibility index (Phi) is 7.95. The first-order chi connectivity index (χ1) is 12.5. The molecule has 0 aliphatic rings. The zero-order valence-electron chi connectivity index (χ0n) is 14.5. The number of hydrogen-bond acceptors (Lipinski definition) is 4. The van der Waals surface area contributed by atoms with Crippen LogP contribution in [0.3, 0.4) is 0 Å². The van der Waals surface area contributed by atoms with Gasteiger partial charge < -0.3 is 9.47 Å². The van der Waals surface area contributed by atoms with Crippen LogP contribution in [0, 0.1) is 0 Å². The van der Waals surface area contributed by atoms with Crippen molar-refractivity contribution >= 4 is 35.1 Å². The van der Waals surface area contributed by atoms with E-state index >= 15 is 0 Å². The Morgan fingerprint density at radius 1 is 0.923 bits per heavy atom. The SMILES string of the molecule is CCCCCCOC(=O)c1cccc(C(=O)Oc2cc(Cl)ccc2Cl)c1. The minimum atomic E-state index is -0.633. The second kappa shape index (κ2) is 10.2. The highest BCUT2D eigenvalue weighted by molar-refractivity contribution is 6.34. The van der Waals surface area contributed by atoms with Gasteiger partial charge in [-0.3, -0.25) is 0 Å². The van der Waals surface area contributed by atoms with Gasteiger partial charge in [0.15, 0.2) is 5.75 Å². The molecule has 0 fully saturated rings. The van der Waals surface area contributed by atoms with Gasteiger partial charge in [0.2, 0.25) is 0 Å². The van der Waals surface area contributed by atoms with Crippen molar-refractivity contribution in [2.45, 2.75) is 32.6 Å². The molecule has 4 nitrogen and oxygen atoms in total. The second-order valence-corrected chi connectivity index (χ2v) is 6.59. The summed E-state index contributed by atoms with van der Waals surface area (Å²) in [5.41, 5.74) is 0.522. The highest BCUT2D eigenvalue weighted by Crippen LogP contribution is 2.28. The minimum absolute atomic E-state index is 0.160. The number of ether oxygens (including phenoxy) is 2. The molecule has 138 valence electrons. The van der Waals surface area contributed by atoms with E-state index in [1.807, 2.05) is 0 Å². The van der Waals surface area contributed by atoms with E-state index in [1.54, 1.807) is 30.3 Å². The average Bonchev–Trinajstić information content (AvgIpc) is 2.64. The maximum atomic E-state index is 12.3. The third-order valence-electron chi connectivity index (χ3n) is 3.66. The van der Waals surface area contributed by atoms with E-state index in [4.69, 9.17) is 32.7 Å². The van der Waals surface area contributed by atoms with Crippen LogP contribution in [0.5, 0.6) is 5.75 Å². The summed E-state index contributed by atoms with van der Waals surface area (Å²) in [7, 11) is 0. The zero-order valence-corrected chi connectivity index (χ0v) is 16.0. The quantitative estimate of drug-likeness (QED) is 0.315. The number of carbonyl (C=O) groups is 2. The molecule has 0 atom stereocenters. The molecule has 0 radical (unpaired) electrons. The molecule has 0 aliphatic carbocycles. The van der Waals surface area contributed by atoms with Crippen LogP contribution in [0.2, 0.25) is 10.0 Å². The first-order valence-corrected chi connectivity index (χ1v) is 9.21. The Morgan fingerprint density at radius 3 is 2.38 bits per heavy atom. The van der Waals surface area contributed by atoms with Crippen molar-refractivity contribution in [3.63, 3.8) is 0 Å². The highest BCUT2D eigenvalue weighted by Gasteiger charge is 2.15. The molecule has 0 N–H and O–H groups in total. The molecule has 0 spiro atoms. The fourth-order valence-electron chi connectivity index (χ4n) is 2.26. The lowest BCUT2D eigenvalue weighted by Gasteiger charge is -2.08. The van der Waals surface area contributed by atoms with Gasteiger partial charge in [0.05, 0.1) is 22.8 Å². The second-order valence-electron chi connectivity index (χ2n) is 5.74. The molecule has 0 heterocycles.